The molecule has 1 aromatic carbocycles. The van der Waals surface area contributed by atoms with Gasteiger partial charge in [0.2, 0.25) is 0 Å². The topological polar surface area (TPSA) is 49.8 Å². The number of nitrogens with zero attached hydrogens (tertiary/aromatic N) is 1. The van der Waals surface area contributed by atoms with Crippen molar-refractivity contribution in [3.8, 4) is 5.75 Å². The van der Waals surface area contributed by atoms with Crippen LogP contribution < -0.4 is 4.74 Å². The summed E-state index contributed by atoms with van der Waals surface area (Å²) in [6.45, 7) is 1.93. The van der Waals surface area contributed by atoms with Crippen molar-refractivity contribution in [3.05, 3.63) is 29.8 Å². The summed E-state index contributed by atoms with van der Waals surface area (Å²) in [7, 11) is 1.68. The van der Waals surface area contributed by atoms with E-state index in [0.717, 1.165) is 31.7 Å². The summed E-state index contributed by atoms with van der Waals surface area (Å²) < 4.78 is 5.22. The molecule has 1 atom stereocenters. The molecule has 0 radical (unpaired) electrons. The van der Waals surface area contributed by atoms with Crippen molar-refractivity contribution in [3.63, 3.8) is 0 Å². The van der Waals surface area contributed by atoms with Gasteiger partial charge in [-0.1, -0.05) is 25.0 Å². The average Bonchev–Trinajstić information content (AvgIpc) is 2.72. The molecule has 0 amide bonds. The Morgan fingerprint density at radius 1 is 1.27 bits per heavy atom. The van der Waals surface area contributed by atoms with Crippen LogP contribution in [0.25, 0.3) is 0 Å². The number of hydrogen-bond acceptors (Lipinski definition) is 3. The first-order chi connectivity index (χ1) is 10.2. The summed E-state index contributed by atoms with van der Waals surface area (Å²) in [6.07, 6.45) is 5.85. The zero-order chi connectivity index (χ0) is 15.1. The van der Waals surface area contributed by atoms with Crippen molar-refractivity contribution in [2.45, 2.75) is 44.6 Å². The maximum atomic E-state index is 10.7. The molecule has 1 saturated heterocycles. The van der Waals surface area contributed by atoms with Crippen molar-refractivity contribution >= 4 is 18.4 Å². The predicted molar refractivity (Wildman–Crippen MR) is 89.9 cm³/mol. The molecule has 2 rings (SSSR count). The lowest BCUT2D eigenvalue weighted by molar-refractivity contribution is -0.137. The third kappa shape index (κ3) is 5.50. The van der Waals surface area contributed by atoms with E-state index in [9.17, 15) is 4.79 Å². The van der Waals surface area contributed by atoms with Gasteiger partial charge in [0.05, 0.1) is 7.11 Å². The highest BCUT2D eigenvalue weighted by Crippen LogP contribution is 2.31. The molecule has 1 fully saturated rings. The number of aliphatic carboxylic acids is 1. The number of ether oxygens (including phenoxy) is 1. The Hall–Kier alpha value is -1.26. The van der Waals surface area contributed by atoms with Crippen LogP contribution in [0.1, 0.15) is 50.1 Å². The third-order valence-electron chi connectivity index (χ3n) is 4.20. The van der Waals surface area contributed by atoms with E-state index in [2.05, 4.69) is 17.0 Å². The fraction of sp³-hybridized carbons (Fsp3) is 0.588. The van der Waals surface area contributed by atoms with Crippen molar-refractivity contribution in [1.29, 1.82) is 0 Å². The lowest BCUT2D eigenvalue weighted by Crippen LogP contribution is -2.30. The van der Waals surface area contributed by atoms with Gasteiger partial charge >= 0.3 is 5.97 Å². The first-order valence-corrected chi connectivity index (χ1v) is 7.80. The number of carboxylic acids is 1. The first kappa shape index (κ1) is 18.8. The minimum absolute atomic E-state index is 0. The van der Waals surface area contributed by atoms with Crippen LogP contribution >= 0.6 is 12.4 Å². The van der Waals surface area contributed by atoms with Gasteiger partial charge < -0.3 is 9.84 Å². The maximum absolute atomic E-state index is 10.7. The number of likely N-dealkylation sites (tertiary alicyclic amines) is 1. The molecule has 0 spiro atoms. The Balaban J connectivity index is 0.00000242. The highest BCUT2D eigenvalue weighted by Gasteiger charge is 2.22. The highest BCUT2D eigenvalue weighted by molar-refractivity contribution is 5.85. The van der Waals surface area contributed by atoms with E-state index in [-0.39, 0.29) is 18.8 Å². The second-order valence-corrected chi connectivity index (χ2v) is 5.67. The number of carboxylic acid groups (broad SMARTS) is 1. The largest absolute Gasteiger partial charge is 0.497 e. The molecule has 1 N–H and O–H groups in total. The predicted octanol–water partition coefficient (Wildman–Crippen LogP) is 3.90. The summed E-state index contributed by atoms with van der Waals surface area (Å²) in [5, 5.41) is 8.81. The Kier molecular flexibility index (Phi) is 8.28. The summed E-state index contributed by atoms with van der Waals surface area (Å²) in [5.41, 5.74) is 1.31. The van der Waals surface area contributed by atoms with E-state index in [1.807, 2.05) is 12.1 Å². The molecular formula is C17H26ClNO3. The van der Waals surface area contributed by atoms with Crippen LogP contribution in [0.15, 0.2) is 24.3 Å². The number of carbonyl (C=O) groups is 1. The van der Waals surface area contributed by atoms with Crippen LogP contribution in [0.5, 0.6) is 5.75 Å². The van der Waals surface area contributed by atoms with Crippen molar-refractivity contribution in [2.24, 2.45) is 0 Å². The molecule has 0 aromatic heterocycles. The highest BCUT2D eigenvalue weighted by atomic mass is 35.5. The molecule has 22 heavy (non-hydrogen) atoms. The first-order valence-electron chi connectivity index (χ1n) is 7.80. The van der Waals surface area contributed by atoms with Crippen LogP contribution in [0.2, 0.25) is 0 Å². The van der Waals surface area contributed by atoms with E-state index >= 15 is 0 Å². The number of benzene rings is 1. The summed E-state index contributed by atoms with van der Waals surface area (Å²) in [6, 6.07) is 8.70. The molecule has 0 bridgehead atoms. The van der Waals surface area contributed by atoms with Gasteiger partial charge in [0, 0.05) is 12.5 Å². The number of halogens is 1. The smallest absolute Gasteiger partial charge is 0.303 e. The van der Waals surface area contributed by atoms with Gasteiger partial charge in [0.1, 0.15) is 5.75 Å². The minimum Gasteiger partial charge on any atom is -0.497 e. The average molecular weight is 328 g/mol. The fourth-order valence-corrected chi connectivity index (χ4v) is 3.07. The van der Waals surface area contributed by atoms with Gasteiger partial charge in [-0.2, -0.15) is 0 Å². The van der Waals surface area contributed by atoms with Crippen LogP contribution in [-0.2, 0) is 4.79 Å². The van der Waals surface area contributed by atoms with E-state index < -0.39 is 5.97 Å². The molecule has 1 heterocycles. The summed E-state index contributed by atoms with van der Waals surface area (Å²) >= 11 is 0. The van der Waals surface area contributed by atoms with Gasteiger partial charge in [0.15, 0.2) is 0 Å². The van der Waals surface area contributed by atoms with E-state index in [1.165, 1.54) is 24.8 Å². The summed E-state index contributed by atoms with van der Waals surface area (Å²) in [4.78, 5) is 13.2. The zero-order valence-electron chi connectivity index (χ0n) is 13.2. The number of rotatable bonds is 6. The SMILES string of the molecule is COc1ccc(C2CCCCCN2CCCC(=O)O)cc1.Cl. The van der Waals surface area contributed by atoms with Crippen LogP contribution in [0.4, 0.5) is 0 Å². The van der Waals surface area contributed by atoms with Crippen molar-refractivity contribution in [1.82, 2.24) is 4.90 Å². The molecule has 1 aromatic rings. The number of hydrogen-bond donors (Lipinski definition) is 1. The van der Waals surface area contributed by atoms with E-state index in [1.54, 1.807) is 7.11 Å². The Bertz CT molecular complexity index is 450. The Morgan fingerprint density at radius 2 is 2.00 bits per heavy atom. The number of methoxy groups -OCH3 is 1. The molecule has 0 aliphatic carbocycles. The van der Waals surface area contributed by atoms with Crippen LogP contribution in [0, 0.1) is 0 Å². The molecule has 5 heteroatoms. The molecule has 1 unspecified atom stereocenters. The Morgan fingerprint density at radius 3 is 2.64 bits per heavy atom. The molecular weight excluding hydrogens is 302 g/mol. The van der Waals surface area contributed by atoms with E-state index in [4.69, 9.17) is 9.84 Å². The summed E-state index contributed by atoms with van der Waals surface area (Å²) in [5.74, 6) is 0.176. The zero-order valence-corrected chi connectivity index (χ0v) is 14.0. The quantitative estimate of drug-likeness (QED) is 0.861. The Labute approximate surface area is 138 Å². The van der Waals surface area contributed by atoms with Gasteiger partial charge in [-0.25, -0.2) is 0 Å². The normalized spacial score (nSPS) is 19.0. The fourth-order valence-electron chi connectivity index (χ4n) is 3.07. The van der Waals surface area contributed by atoms with E-state index in [0.29, 0.717) is 6.04 Å². The molecule has 1 aliphatic heterocycles. The third-order valence-corrected chi connectivity index (χ3v) is 4.20. The molecule has 4 nitrogen and oxygen atoms in total. The minimum atomic E-state index is -0.703. The second kappa shape index (κ2) is 9.70. The molecule has 124 valence electrons. The maximum Gasteiger partial charge on any atom is 0.303 e. The monoisotopic (exact) mass is 327 g/mol. The van der Waals surface area contributed by atoms with Crippen LogP contribution in [-0.4, -0.2) is 36.2 Å². The lowest BCUT2D eigenvalue weighted by Gasteiger charge is -2.30. The van der Waals surface area contributed by atoms with Gasteiger partial charge in [0.25, 0.3) is 0 Å². The second-order valence-electron chi connectivity index (χ2n) is 5.67. The van der Waals surface area contributed by atoms with Crippen molar-refractivity contribution in [2.75, 3.05) is 20.2 Å². The van der Waals surface area contributed by atoms with Gasteiger partial charge in [-0.05, 0) is 50.0 Å². The van der Waals surface area contributed by atoms with Crippen molar-refractivity contribution < 1.29 is 14.6 Å². The lowest BCUT2D eigenvalue weighted by atomic mass is 10.0. The van der Waals surface area contributed by atoms with Gasteiger partial charge in [-0.3, -0.25) is 9.69 Å². The van der Waals surface area contributed by atoms with Crippen LogP contribution in [0.3, 0.4) is 0 Å². The molecule has 0 saturated carbocycles. The molecule has 1 aliphatic rings. The van der Waals surface area contributed by atoms with Gasteiger partial charge in [-0.15, -0.1) is 12.4 Å². The standard InChI is InChI=1S/C17H25NO3.ClH/c1-21-15-10-8-14(9-11-15)16-6-3-2-4-12-18(16)13-5-7-17(19)20;/h8-11,16H,2-7,12-13H2,1H3,(H,19,20);1H.